The van der Waals surface area contributed by atoms with Gasteiger partial charge < -0.3 is 4.98 Å². The monoisotopic (exact) mass is 135 g/mol. The van der Waals surface area contributed by atoms with Gasteiger partial charge in [-0.2, -0.15) is 0 Å². The van der Waals surface area contributed by atoms with Gasteiger partial charge in [-0.25, -0.2) is 0 Å². The maximum absolute atomic E-state index is 3.16. The van der Waals surface area contributed by atoms with Crippen molar-refractivity contribution in [2.24, 2.45) is 0 Å². The van der Waals surface area contributed by atoms with Gasteiger partial charge in [0.25, 0.3) is 0 Å². The second-order valence-electron chi connectivity index (χ2n) is 2.80. The molecule has 0 fully saturated rings. The predicted molar refractivity (Wildman–Crippen MR) is 44.9 cm³/mol. The zero-order chi connectivity index (χ0) is 7.56. The Bertz CT molecular complexity index is 239. The Morgan fingerprint density at radius 2 is 2.20 bits per heavy atom. The van der Waals surface area contributed by atoms with Crippen molar-refractivity contribution in [1.29, 1.82) is 0 Å². The number of allylic oxidation sites excluding steroid dienone is 1. The number of hydrogen-bond acceptors (Lipinski definition) is 0. The zero-order valence-corrected chi connectivity index (χ0v) is 6.73. The van der Waals surface area contributed by atoms with Gasteiger partial charge >= 0.3 is 0 Å². The molecule has 54 valence electrons. The fourth-order valence-corrected chi connectivity index (χ4v) is 0.904. The van der Waals surface area contributed by atoms with Crippen LogP contribution in [-0.2, 0) is 0 Å². The van der Waals surface area contributed by atoms with Crippen LogP contribution >= 0.6 is 0 Å². The smallest absolute Gasteiger partial charge is 0.0409 e. The summed E-state index contributed by atoms with van der Waals surface area (Å²) < 4.78 is 0. The molecule has 0 amide bonds. The molecule has 1 N–H and O–H groups in total. The Balaban J connectivity index is 2.95. The molecule has 1 rings (SSSR count). The van der Waals surface area contributed by atoms with Crippen LogP contribution in [0.2, 0.25) is 0 Å². The Kier molecular flexibility index (Phi) is 1.95. The van der Waals surface area contributed by atoms with Crippen LogP contribution in [0.3, 0.4) is 0 Å². The first-order valence-corrected chi connectivity index (χ1v) is 3.49. The Hall–Kier alpha value is -0.980. The third-order valence-corrected chi connectivity index (χ3v) is 1.43. The first kappa shape index (κ1) is 7.13. The van der Waals surface area contributed by atoms with Gasteiger partial charge in [-0.3, -0.25) is 0 Å². The van der Waals surface area contributed by atoms with Gasteiger partial charge in [0, 0.05) is 11.9 Å². The summed E-state index contributed by atoms with van der Waals surface area (Å²) in [4.78, 5) is 3.16. The zero-order valence-electron chi connectivity index (χ0n) is 6.73. The first-order valence-electron chi connectivity index (χ1n) is 3.49. The molecular formula is C9H13N. The number of nitrogens with one attached hydrogen (secondary N) is 1. The fraction of sp³-hybridized carbons (Fsp3) is 0.333. The van der Waals surface area contributed by atoms with Crippen LogP contribution in [0.5, 0.6) is 0 Å². The molecule has 0 bridgehead atoms. The Morgan fingerprint density at radius 3 is 2.60 bits per heavy atom. The summed E-state index contributed by atoms with van der Waals surface area (Å²) in [5.41, 5.74) is 3.85. The van der Waals surface area contributed by atoms with Gasteiger partial charge in [0.2, 0.25) is 0 Å². The summed E-state index contributed by atoms with van der Waals surface area (Å²) in [7, 11) is 0. The molecule has 1 aromatic heterocycles. The number of rotatable bonds is 1. The lowest BCUT2D eigenvalue weighted by molar-refractivity contribution is 1.32. The van der Waals surface area contributed by atoms with E-state index in [2.05, 4.69) is 37.9 Å². The van der Waals surface area contributed by atoms with Crippen LogP contribution in [-0.4, -0.2) is 4.98 Å². The highest BCUT2D eigenvalue weighted by Gasteiger charge is 1.92. The lowest BCUT2D eigenvalue weighted by Crippen LogP contribution is -1.75. The fourth-order valence-electron chi connectivity index (χ4n) is 0.904. The molecule has 0 saturated heterocycles. The molecule has 0 radical (unpaired) electrons. The molecule has 1 heteroatoms. The van der Waals surface area contributed by atoms with Crippen LogP contribution in [0.15, 0.2) is 17.8 Å². The standard InChI is InChI=1S/C9H13N/c1-7(2)6-9-8(3)4-5-10-9/h4-6,10H,1-3H3. The average molecular weight is 135 g/mol. The molecule has 1 nitrogen and oxygen atoms in total. The largest absolute Gasteiger partial charge is 0.361 e. The molecule has 1 aromatic rings. The second-order valence-corrected chi connectivity index (χ2v) is 2.80. The summed E-state index contributed by atoms with van der Waals surface area (Å²) >= 11 is 0. The van der Waals surface area contributed by atoms with E-state index in [0.717, 1.165) is 0 Å². The predicted octanol–water partition coefficient (Wildman–Crippen LogP) is 2.75. The summed E-state index contributed by atoms with van der Waals surface area (Å²) in [6, 6.07) is 2.08. The van der Waals surface area contributed by atoms with E-state index in [4.69, 9.17) is 0 Å². The van der Waals surface area contributed by atoms with Crippen LogP contribution < -0.4 is 0 Å². The van der Waals surface area contributed by atoms with Crippen molar-refractivity contribution in [3.05, 3.63) is 29.1 Å². The van der Waals surface area contributed by atoms with Crippen LogP contribution in [0.1, 0.15) is 25.1 Å². The molecule has 0 saturated carbocycles. The third-order valence-electron chi connectivity index (χ3n) is 1.43. The number of H-pyrrole nitrogens is 1. The molecular weight excluding hydrogens is 122 g/mol. The van der Waals surface area contributed by atoms with E-state index in [1.165, 1.54) is 16.8 Å². The van der Waals surface area contributed by atoms with Gasteiger partial charge in [0.1, 0.15) is 0 Å². The Labute approximate surface area is 61.8 Å². The van der Waals surface area contributed by atoms with E-state index in [-0.39, 0.29) is 0 Å². The van der Waals surface area contributed by atoms with E-state index < -0.39 is 0 Å². The van der Waals surface area contributed by atoms with Crippen molar-refractivity contribution < 1.29 is 0 Å². The van der Waals surface area contributed by atoms with Gasteiger partial charge in [-0.1, -0.05) is 5.57 Å². The van der Waals surface area contributed by atoms with Crippen LogP contribution in [0, 0.1) is 6.92 Å². The van der Waals surface area contributed by atoms with Crippen LogP contribution in [0.25, 0.3) is 6.08 Å². The van der Waals surface area contributed by atoms with Gasteiger partial charge in [0.15, 0.2) is 0 Å². The van der Waals surface area contributed by atoms with E-state index in [1.54, 1.807) is 0 Å². The maximum atomic E-state index is 3.16. The SMILES string of the molecule is CC(C)=Cc1[nH]ccc1C. The van der Waals surface area contributed by atoms with E-state index in [1.807, 2.05) is 6.20 Å². The molecule has 0 spiro atoms. The topological polar surface area (TPSA) is 15.8 Å². The Morgan fingerprint density at radius 1 is 1.50 bits per heavy atom. The summed E-state index contributed by atoms with van der Waals surface area (Å²) in [5.74, 6) is 0. The highest BCUT2D eigenvalue weighted by molar-refractivity contribution is 5.51. The van der Waals surface area contributed by atoms with Crippen molar-refractivity contribution in [2.75, 3.05) is 0 Å². The molecule has 0 aliphatic carbocycles. The third kappa shape index (κ3) is 1.50. The second kappa shape index (κ2) is 2.74. The minimum absolute atomic E-state index is 1.22. The summed E-state index contributed by atoms with van der Waals surface area (Å²) in [6.45, 7) is 6.30. The quantitative estimate of drug-likeness (QED) is 0.609. The molecule has 0 atom stereocenters. The summed E-state index contributed by atoms with van der Waals surface area (Å²) in [6.07, 6.45) is 4.11. The number of aromatic amines is 1. The van der Waals surface area contributed by atoms with Crippen molar-refractivity contribution >= 4 is 6.08 Å². The van der Waals surface area contributed by atoms with Gasteiger partial charge in [-0.15, -0.1) is 0 Å². The van der Waals surface area contributed by atoms with Gasteiger partial charge in [-0.05, 0) is 38.5 Å². The minimum atomic E-state index is 1.22. The number of hydrogen-bond donors (Lipinski definition) is 1. The summed E-state index contributed by atoms with van der Waals surface area (Å²) in [5, 5.41) is 0. The molecule has 0 aromatic carbocycles. The minimum Gasteiger partial charge on any atom is -0.361 e. The maximum Gasteiger partial charge on any atom is 0.0409 e. The van der Waals surface area contributed by atoms with Crippen molar-refractivity contribution in [1.82, 2.24) is 4.98 Å². The molecule has 0 unspecified atom stereocenters. The van der Waals surface area contributed by atoms with E-state index in [9.17, 15) is 0 Å². The van der Waals surface area contributed by atoms with E-state index >= 15 is 0 Å². The molecule has 1 heterocycles. The number of aryl methyl sites for hydroxylation is 1. The molecule has 10 heavy (non-hydrogen) atoms. The number of aromatic nitrogens is 1. The lowest BCUT2D eigenvalue weighted by Gasteiger charge is -1.91. The van der Waals surface area contributed by atoms with Gasteiger partial charge in [0.05, 0.1) is 0 Å². The lowest BCUT2D eigenvalue weighted by atomic mass is 10.2. The first-order chi connectivity index (χ1) is 4.70. The molecule has 0 aliphatic rings. The van der Waals surface area contributed by atoms with Crippen LogP contribution in [0.4, 0.5) is 0 Å². The highest BCUT2D eigenvalue weighted by Crippen LogP contribution is 2.08. The normalized spacial score (nSPS) is 9.50. The average Bonchev–Trinajstić information content (AvgIpc) is 2.15. The van der Waals surface area contributed by atoms with E-state index in [0.29, 0.717) is 0 Å². The molecule has 0 aliphatic heterocycles. The highest BCUT2D eigenvalue weighted by atomic mass is 14.7. The van der Waals surface area contributed by atoms with Crippen molar-refractivity contribution in [3.8, 4) is 0 Å². The van der Waals surface area contributed by atoms with Crippen molar-refractivity contribution in [2.45, 2.75) is 20.8 Å². The van der Waals surface area contributed by atoms with Crippen molar-refractivity contribution in [3.63, 3.8) is 0 Å².